The number of hydrogen-bond donors (Lipinski definition) is 4. The predicted molar refractivity (Wildman–Crippen MR) is 169 cm³/mol. The van der Waals surface area contributed by atoms with E-state index in [2.05, 4.69) is 20.9 Å². The maximum atomic E-state index is 13.9. The number of benzene rings is 2. The molecule has 0 unspecified atom stereocenters. The van der Waals surface area contributed by atoms with Gasteiger partial charge in [-0.25, -0.2) is 19.2 Å². The highest BCUT2D eigenvalue weighted by Crippen LogP contribution is 2.39. The lowest BCUT2D eigenvalue weighted by Gasteiger charge is -2.33. The summed E-state index contributed by atoms with van der Waals surface area (Å²) in [6.07, 6.45) is 5.95. The number of carbonyl (C=O) groups is 2. The molecule has 0 radical (unpaired) electrons. The molecule has 1 saturated heterocycles. The van der Waals surface area contributed by atoms with Crippen molar-refractivity contribution in [3.63, 3.8) is 0 Å². The Hall–Kier alpha value is -4.16. The van der Waals surface area contributed by atoms with Gasteiger partial charge in [0.05, 0.1) is 21.9 Å². The van der Waals surface area contributed by atoms with Gasteiger partial charge in [-0.15, -0.1) is 0 Å². The first kappa shape index (κ1) is 29.9. The van der Waals surface area contributed by atoms with Crippen molar-refractivity contribution in [2.24, 2.45) is 11.7 Å². The number of nitrogens with one attached hydrogen (secondary N) is 3. The van der Waals surface area contributed by atoms with Gasteiger partial charge in [0.25, 0.3) is 0 Å². The number of aromatic nitrogens is 4. The normalized spacial score (nSPS) is 20.3. The first-order valence-corrected chi connectivity index (χ1v) is 15.3. The highest BCUT2D eigenvalue weighted by atomic mass is 35.5. The average molecular weight is 641 g/mol. The summed E-state index contributed by atoms with van der Waals surface area (Å²) >= 11 is 12.7. The number of halogens is 3. The Morgan fingerprint density at radius 3 is 2.43 bits per heavy atom. The van der Waals surface area contributed by atoms with Gasteiger partial charge >= 0.3 is 6.03 Å². The summed E-state index contributed by atoms with van der Waals surface area (Å²) in [5.74, 6) is -0.201. The second-order valence-corrected chi connectivity index (χ2v) is 12.0. The summed E-state index contributed by atoms with van der Waals surface area (Å²) in [7, 11) is 0. The molecule has 11 nitrogen and oxygen atoms in total. The molecule has 1 aliphatic heterocycles. The quantitative estimate of drug-likeness (QED) is 0.185. The Labute approximate surface area is 263 Å². The number of imidazole rings is 1. The molecule has 0 bridgehead atoms. The third-order valence-corrected chi connectivity index (χ3v) is 8.80. The van der Waals surface area contributed by atoms with Crippen molar-refractivity contribution in [2.45, 2.75) is 50.6 Å². The van der Waals surface area contributed by atoms with Crippen LogP contribution in [-0.4, -0.2) is 55.5 Å². The highest BCUT2D eigenvalue weighted by molar-refractivity contribution is 6.39. The van der Waals surface area contributed by atoms with Crippen LogP contribution in [-0.2, 0) is 4.79 Å². The topological polar surface area (TPSA) is 143 Å². The maximum absolute atomic E-state index is 13.9. The number of fused-ring (bicyclic) bond motifs is 1. The fourth-order valence-electron chi connectivity index (χ4n) is 5.97. The van der Waals surface area contributed by atoms with Gasteiger partial charge in [0, 0.05) is 36.8 Å². The maximum Gasteiger partial charge on any atom is 0.321 e. The molecule has 44 heavy (non-hydrogen) atoms. The molecule has 230 valence electrons. The lowest BCUT2D eigenvalue weighted by Crippen LogP contribution is -2.47. The molecule has 2 aromatic heterocycles. The van der Waals surface area contributed by atoms with Gasteiger partial charge in [-0.1, -0.05) is 41.4 Å². The average Bonchev–Trinajstić information content (AvgIpc) is 3.37. The number of rotatable bonds is 7. The van der Waals surface area contributed by atoms with Crippen LogP contribution in [0.15, 0.2) is 48.7 Å². The third-order valence-electron chi connectivity index (χ3n) is 8.21. The number of para-hydroxylation sites is 1. The number of nitrogens with two attached hydrogens (primary N) is 1. The fraction of sp³-hybridized carbons (Fsp3) is 0.367. The monoisotopic (exact) mass is 639 g/mol. The van der Waals surface area contributed by atoms with Crippen molar-refractivity contribution >= 4 is 69.6 Å². The van der Waals surface area contributed by atoms with Crippen molar-refractivity contribution in [3.8, 4) is 0 Å². The Bertz CT molecular complexity index is 1660. The number of carbonyl (C=O) groups excluding carboxylic acids is 2. The zero-order chi connectivity index (χ0) is 30.8. The van der Waals surface area contributed by atoms with E-state index >= 15 is 0 Å². The van der Waals surface area contributed by atoms with E-state index in [9.17, 15) is 14.0 Å². The second-order valence-electron chi connectivity index (χ2n) is 11.2. The number of nitrogens with zero attached hydrogens (tertiary/aromatic N) is 5. The minimum absolute atomic E-state index is 0.0503. The van der Waals surface area contributed by atoms with Crippen LogP contribution in [0.3, 0.4) is 0 Å². The summed E-state index contributed by atoms with van der Waals surface area (Å²) in [4.78, 5) is 40.7. The Balaban J connectivity index is 1.26. The molecule has 1 saturated carbocycles. The molecule has 2 aromatic carbocycles. The Morgan fingerprint density at radius 2 is 1.73 bits per heavy atom. The number of urea groups is 1. The van der Waals surface area contributed by atoms with Crippen molar-refractivity contribution in [2.75, 3.05) is 29.0 Å². The standard InChI is InChI=1S/C30H32Cl2FN9O2/c31-22-13-18(33)14-23(32)25(22)39-29-38-24-15-35-28(40-27(24)42(29)21-10-8-17(9-11-21)26(34)43)36-20-7-4-12-41(16-20)30(44)37-19-5-2-1-3-6-19/h1-3,5-6,13-15,17,20-21H,4,7-12,16H2,(H2,34,43)(H,37,44)(H,38,39)(H,35,36,40)/t17-,20-,21+/m1/s1. The van der Waals surface area contributed by atoms with Gasteiger partial charge in [-0.05, 0) is 62.8 Å². The molecule has 5 N–H and O–H groups in total. The predicted octanol–water partition coefficient (Wildman–Crippen LogP) is 6.34. The molecule has 1 aliphatic carbocycles. The van der Waals surface area contributed by atoms with E-state index in [-0.39, 0.29) is 40.0 Å². The highest BCUT2D eigenvalue weighted by Gasteiger charge is 2.30. The number of amides is 3. The molecule has 1 atom stereocenters. The molecular weight excluding hydrogens is 608 g/mol. The molecule has 0 spiro atoms. The van der Waals surface area contributed by atoms with Crippen LogP contribution in [0.2, 0.25) is 10.0 Å². The first-order chi connectivity index (χ1) is 21.2. The SMILES string of the molecule is NC(=O)[C@H]1CC[C@@H](n2c(Nc3c(Cl)cc(F)cc3Cl)nc3cnc(N[C@@H]4CCCN(C(=O)Nc5ccccc5)C4)nc32)CC1. The number of anilines is 4. The first-order valence-electron chi connectivity index (χ1n) is 14.6. The van der Waals surface area contributed by atoms with Crippen LogP contribution in [0.25, 0.3) is 11.2 Å². The summed E-state index contributed by atoms with van der Waals surface area (Å²) in [6, 6.07) is 11.5. The van der Waals surface area contributed by atoms with Gasteiger partial charge in [0.15, 0.2) is 5.65 Å². The van der Waals surface area contributed by atoms with Crippen molar-refractivity contribution in [1.82, 2.24) is 24.4 Å². The van der Waals surface area contributed by atoms with E-state index in [1.165, 1.54) is 12.1 Å². The van der Waals surface area contributed by atoms with Gasteiger partial charge in [0.1, 0.15) is 11.3 Å². The van der Waals surface area contributed by atoms with E-state index in [1.54, 1.807) is 11.1 Å². The van der Waals surface area contributed by atoms with Crippen LogP contribution in [0.1, 0.15) is 44.6 Å². The molecule has 6 rings (SSSR count). The second kappa shape index (κ2) is 12.8. The molecule has 2 aliphatic rings. The van der Waals surface area contributed by atoms with Gasteiger partial charge in [0.2, 0.25) is 17.8 Å². The molecule has 4 aromatic rings. The minimum atomic E-state index is -0.552. The van der Waals surface area contributed by atoms with Crippen molar-refractivity contribution in [3.05, 3.63) is 64.5 Å². The molecular formula is C30H32Cl2FN9O2. The van der Waals surface area contributed by atoms with Crippen LogP contribution in [0, 0.1) is 11.7 Å². The van der Waals surface area contributed by atoms with E-state index in [4.69, 9.17) is 38.9 Å². The smallest absolute Gasteiger partial charge is 0.321 e. The zero-order valence-corrected chi connectivity index (χ0v) is 25.3. The summed E-state index contributed by atoms with van der Waals surface area (Å²) in [5, 5.41) is 9.76. The number of primary amides is 1. The summed E-state index contributed by atoms with van der Waals surface area (Å²) in [5.41, 5.74) is 7.77. The van der Waals surface area contributed by atoms with Gasteiger partial charge in [-0.2, -0.15) is 4.98 Å². The third kappa shape index (κ3) is 6.51. The lowest BCUT2D eigenvalue weighted by atomic mass is 9.85. The molecule has 2 fully saturated rings. The minimum Gasteiger partial charge on any atom is -0.369 e. The van der Waals surface area contributed by atoms with Gasteiger partial charge < -0.3 is 26.6 Å². The van der Waals surface area contributed by atoms with Crippen LogP contribution in [0.5, 0.6) is 0 Å². The fourth-order valence-corrected chi connectivity index (χ4v) is 6.53. The molecule has 3 amide bonds. The van der Waals surface area contributed by atoms with Crippen LogP contribution < -0.4 is 21.7 Å². The Morgan fingerprint density at radius 1 is 1.00 bits per heavy atom. The van der Waals surface area contributed by atoms with E-state index < -0.39 is 5.82 Å². The molecule has 14 heteroatoms. The van der Waals surface area contributed by atoms with E-state index in [0.29, 0.717) is 67.5 Å². The zero-order valence-electron chi connectivity index (χ0n) is 23.8. The van der Waals surface area contributed by atoms with Crippen LogP contribution >= 0.6 is 23.2 Å². The van der Waals surface area contributed by atoms with Crippen molar-refractivity contribution < 1.29 is 14.0 Å². The Kier molecular flexibility index (Phi) is 8.72. The van der Waals surface area contributed by atoms with E-state index in [1.807, 2.05) is 34.9 Å². The summed E-state index contributed by atoms with van der Waals surface area (Å²) in [6.45, 7) is 1.14. The lowest BCUT2D eigenvalue weighted by molar-refractivity contribution is -0.122. The summed E-state index contributed by atoms with van der Waals surface area (Å²) < 4.78 is 15.9. The number of hydrogen-bond acceptors (Lipinski definition) is 7. The number of likely N-dealkylation sites (tertiary alicyclic amines) is 1. The van der Waals surface area contributed by atoms with Gasteiger partial charge in [-0.3, -0.25) is 9.36 Å². The van der Waals surface area contributed by atoms with E-state index in [0.717, 1.165) is 18.5 Å². The van der Waals surface area contributed by atoms with Crippen molar-refractivity contribution in [1.29, 1.82) is 0 Å². The largest absolute Gasteiger partial charge is 0.369 e. The number of piperidine rings is 1. The van der Waals surface area contributed by atoms with Crippen LogP contribution in [0.4, 0.5) is 32.5 Å². The molecule has 3 heterocycles.